The van der Waals surface area contributed by atoms with Crippen LogP contribution in [0.25, 0.3) is 0 Å². The molecule has 1 aliphatic rings. The maximum Gasteiger partial charge on any atom is 0.0409 e. The van der Waals surface area contributed by atoms with Crippen molar-refractivity contribution < 1.29 is 0 Å². The highest BCUT2D eigenvalue weighted by molar-refractivity contribution is 6.30. The van der Waals surface area contributed by atoms with Gasteiger partial charge in [0, 0.05) is 30.7 Å². The number of halogens is 1. The minimum absolute atomic E-state index is 0.657. The number of rotatable bonds is 3. The van der Waals surface area contributed by atoms with Crippen molar-refractivity contribution in [1.82, 2.24) is 10.2 Å². The number of nitrogens with one attached hydrogen (secondary N) is 1. The van der Waals surface area contributed by atoms with E-state index in [1.165, 1.54) is 18.5 Å². The van der Waals surface area contributed by atoms with Crippen molar-refractivity contribution in [1.29, 1.82) is 0 Å². The first-order valence-corrected chi connectivity index (χ1v) is 5.80. The fraction of sp³-hybridized carbons (Fsp3) is 0.500. The fourth-order valence-electron chi connectivity index (χ4n) is 2.11. The zero-order valence-electron chi connectivity index (χ0n) is 9.04. The van der Waals surface area contributed by atoms with Crippen LogP contribution in [0.4, 0.5) is 0 Å². The lowest BCUT2D eigenvalue weighted by Crippen LogP contribution is -2.29. The summed E-state index contributed by atoms with van der Waals surface area (Å²) >= 11 is 5.96. The van der Waals surface area contributed by atoms with Crippen LogP contribution in [0.3, 0.4) is 0 Å². The standard InChI is InChI=1S/C12H17ClN2/c1-14-12-5-6-15(9-12)8-10-3-2-4-11(13)7-10/h2-4,7,12,14H,5-6,8-9H2,1H3/t12-/m1/s1. The molecule has 1 aliphatic heterocycles. The molecule has 2 nitrogen and oxygen atoms in total. The molecule has 1 saturated heterocycles. The molecule has 0 bridgehead atoms. The molecule has 1 aromatic rings. The van der Waals surface area contributed by atoms with Gasteiger partial charge in [0.25, 0.3) is 0 Å². The molecular weight excluding hydrogens is 208 g/mol. The van der Waals surface area contributed by atoms with Crippen molar-refractivity contribution in [3.8, 4) is 0 Å². The highest BCUT2D eigenvalue weighted by Gasteiger charge is 2.20. The molecule has 0 radical (unpaired) electrons. The number of nitrogens with zero attached hydrogens (tertiary/aromatic N) is 1. The number of benzene rings is 1. The first-order valence-electron chi connectivity index (χ1n) is 5.42. The normalized spacial score (nSPS) is 22.1. The van der Waals surface area contributed by atoms with Crippen LogP contribution in [-0.4, -0.2) is 31.1 Å². The van der Waals surface area contributed by atoms with E-state index in [9.17, 15) is 0 Å². The van der Waals surface area contributed by atoms with Crippen molar-refractivity contribution in [2.24, 2.45) is 0 Å². The van der Waals surface area contributed by atoms with Crippen molar-refractivity contribution in [3.05, 3.63) is 34.9 Å². The zero-order chi connectivity index (χ0) is 10.7. The summed E-state index contributed by atoms with van der Waals surface area (Å²) in [5.74, 6) is 0. The Bertz CT molecular complexity index is 327. The van der Waals surface area contributed by atoms with Crippen LogP contribution in [0, 0.1) is 0 Å². The second kappa shape index (κ2) is 4.97. The SMILES string of the molecule is CN[C@@H]1CCN(Cc2cccc(Cl)c2)C1. The van der Waals surface area contributed by atoms with Gasteiger partial charge in [0.1, 0.15) is 0 Å². The van der Waals surface area contributed by atoms with Gasteiger partial charge in [-0.1, -0.05) is 23.7 Å². The first kappa shape index (κ1) is 10.9. The fourth-order valence-corrected chi connectivity index (χ4v) is 2.32. The summed E-state index contributed by atoms with van der Waals surface area (Å²) in [6, 6.07) is 8.78. The molecule has 3 heteroatoms. The van der Waals surface area contributed by atoms with Gasteiger partial charge in [0.15, 0.2) is 0 Å². The van der Waals surface area contributed by atoms with E-state index in [0.29, 0.717) is 6.04 Å². The molecule has 0 spiro atoms. The molecule has 0 unspecified atom stereocenters. The third kappa shape index (κ3) is 2.94. The van der Waals surface area contributed by atoms with E-state index in [0.717, 1.165) is 18.1 Å². The molecule has 0 saturated carbocycles. The van der Waals surface area contributed by atoms with Crippen molar-refractivity contribution in [2.45, 2.75) is 19.0 Å². The van der Waals surface area contributed by atoms with E-state index >= 15 is 0 Å². The maximum absolute atomic E-state index is 5.96. The van der Waals surface area contributed by atoms with Gasteiger partial charge in [-0.3, -0.25) is 4.90 Å². The predicted octanol–water partition coefficient (Wildman–Crippen LogP) is 2.13. The topological polar surface area (TPSA) is 15.3 Å². The Morgan fingerprint density at radius 3 is 3.07 bits per heavy atom. The van der Waals surface area contributed by atoms with Crippen LogP contribution in [0.1, 0.15) is 12.0 Å². The Morgan fingerprint density at radius 1 is 1.53 bits per heavy atom. The summed E-state index contributed by atoms with van der Waals surface area (Å²) in [6.45, 7) is 3.33. The molecule has 1 heterocycles. The third-order valence-electron chi connectivity index (χ3n) is 2.98. The van der Waals surface area contributed by atoms with Gasteiger partial charge in [-0.15, -0.1) is 0 Å². The highest BCUT2D eigenvalue weighted by Crippen LogP contribution is 2.16. The van der Waals surface area contributed by atoms with Crippen LogP contribution in [0.5, 0.6) is 0 Å². The van der Waals surface area contributed by atoms with Crippen molar-refractivity contribution in [2.75, 3.05) is 20.1 Å². The van der Waals surface area contributed by atoms with Crippen LogP contribution in [-0.2, 0) is 6.54 Å². The Hall–Kier alpha value is -0.570. The van der Waals surface area contributed by atoms with Gasteiger partial charge in [0.05, 0.1) is 0 Å². The molecule has 1 fully saturated rings. The lowest BCUT2D eigenvalue weighted by molar-refractivity contribution is 0.322. The summed E-state index contributed by atoms with van der Waals surface area (Å²) in [6.07, 6.45) is 1.25. The van der Waals surface area contributed by atoms with E-state index < -0.39 is 0 Å². The molecular formula is C12H17ClN2. The Morgan fingerprint density at radius 2 is 2.40 bits per heavy atom. The zero-order valence-corrected chi connectivity index (χ0v) is 9.80. The Labute approximate surface area is 96.2 Å². The molecule has 1 atom stereocenters. The number of hydrogen-bond acceptors (Lipinski definition) is 2. The van der Waals surface area contributed by atoms with Crippen molar-refractivity contribution >= 4 is 11.6 Å². The smallest absolute Gasteiger partial charge is 0.0409 e. The molecule has 82 valence electrons. The summed E-state index contributed by atoms with van der Waals surface area (Å²) in [5.41, 5.74) is 1.30. The van der Waals surface area contributed by atoms with E-state index in [1.54, 1.807) is 0 Å². The van der Waals surface area contributed by atoms with Gasteiger partial charge in [-0.2, -0.15) is 0 Å². The van der Waals surface area contributed by atoms with Crippen LogP contribution in [0.2, 0.25) is 5.02 Å². The number of hydrogen-bond donors (Lipinski definition) is 1. The van der Waals surface area contributed by atoms with Gasteiger partial charge in [-0.05, 0) is 31.2 Å². The average molecular weight is 225 g/mol. The first-order chi connectivity index (χ1) is 7.28. The molecule has 2 rings (SSSR count). The summed E-state index contributed by atoms with van der Waals surface area (Å²) in [5, 5.41) is 4.15. The van der Waals surface area contributed by atoms with Crippen LogP contribution >= 0.6 is 11.6 Å². The molecule has 0 amide bonds. The summed E-state index contributed by atoms with van der Waals surface area (Å²) in [7, 11) is 2.04. The predicted molar refractivity (Wildman–Crippen MR) is 64.2 cm³/mol. The lowest BCUT2D eigenvalue weighted by Gasteiger charge is -2.15. The van der Waals surface area contributed by atoms with Gasteiger partial charge >= 0.3 is 0 Å². The van der Waals surface area contributed by atoms with E-state index in [4.69, 9.17) is 11.6 Å². The second-order valence-corrected chi connectivity index (χ2v) is 4.58. The quantitative estimate of drug-likeness (QED) is 0.847. The van der Waals surface area contributed by atoms with E-state index in [1.807, 2.05) is 25.2 Å². The second-order valence-electron chi connectivity index (χ2n) is 4.14. The lowest BCUT2D eigenvalue weighted by atomic mass is 10.2. The van der Waals surface area contributed by atoms with Crippen LogP contribution in [0.15, 0.2) is 24.3 Å². The van der Waals surface area contributed by atoms with Gasteiger partial charge in [0.2, 0.25) is 0 Å². The van der Waals surface area contributed by atoms with E-state index in [-0.39, 0.29) is 0 Å². The molecule has 0 aromatic heterocycles. The van der Waals surface area contributed by atoms with Gasteiger partial charge in [-0.25, -0.2) is 0 Å². The minimum Gasteiger partial charge on any atom is -0.316 e. The Kier molecular flexibility index (Phi) is 3.62. The van der Waals surface area contributed by atoms with E-state index in [2.05, 4.69) is 16.3 Å². The van der Waals surface area contributed by atoms with Crippen molar-refractivity contribution in [3.63, 3.8) is 0 Å². The number of likely N-dealkylation sites (tertiary alicyclic amines) is 1. The largest absolute Gasteiger partial charge is 0.316 e. The highest BCUT2D eigenvalue weighted by atomic mass is 35.5. The third-order valence-corrected chi connectivity index (χ3v) is 3.21. The van der Waals surface area contributed by atoms with Gasteiger partial charge < -0.3 is 5.32 Å². The number of likely N-dealkylation sites (N-methyl/N-ethyl adjacent to an activating group) is 1. The van der Waals surface area contributed by atoms with Crippen LogP contribution < -0.4 is 5.32 Å². The monoisotopic (exact) mass is 224 g/mol. The minimum atomic E-state index is 0.657. The summed E-state index contributed by atoms with van der Waals surface area (Å²) in [4.78, 5) is 2.47. The maximum atomic E-state index is 5.96. The molecule has 15 heavy (non-hydrogen) atoms. The molecule has 1 aromatic carbocycles. The molecule has 1 N–H and O–H groups in total. The Balaban J connectivity index is 1.92. The average Bonchev–Trinajstić information content (AvgIpc) is 2.65. The molecule has 0 aliphatic carbocycles. The summed E-state index contributed by atoms with van der Waals surface area (Å²) < 4.78 is 0.